The highest BCUT2D eigenvalue weighted by Crippen LogP contribution is 2.31. The lowest BCUT2D eigenvalue weighted by molar-refractivity contribution is 0.101. The lowest BCUT2D eigenvalue weighted by Crippen LogP contribution is -1.94. The average Bonchev–Trinajstić information content (AvgIpc) is 2.28. The molecule has 0 heterocycles. The number of hydrogen-bond donors (Lipinski definition) is 1. The molecule has 0 saturated carbocycles. The lowest BCUT2D eigenvalue weighted by atomic mass is 9.98. The van der Waals surface area contributed by atoms with Crippen LogP contribution < -0.4 is 0 Å². The monoisotopic (exact) mass is 214 g/mol. The van der Waals surface area contributed by atoms with Crippen LogP contribution in [0.25, 0.3) is 10.8 Å². The van der Waals surface area contributed by atoms with E-state index in [1.807, 2.05) is 24.3 Å². The first kappa shape index (κ1) is 10.7. The first-order chi connectivity index (χ1) is 7.65. The van der Waals surface area contributed by atoms with Gasteiger partial charge in [-0.2, -0.15) is 0 Å². The van der Waals surface area contributed by atoms with Crippen molar-refractivity contribution in [3.63, 3.8) is 0 Å². The maximum absolute atomic E-state index is 11.3. The maximum atomic E-state index is 11.3. The van der Waals surface area contributed by atoms with Gasteiger partial charge in [0.2, 0.25) is 0 Å². The molecule has 2 aromatic carbocycles. The molecule has 0 unspecified atom stereocenters. The van der Waals surface area contributed by atoms with Gasteiger partial charge in [-0.3, -0.25) is 4.79 Å². The van der Waals surface area contributed by atoms with Gasteiger partial charge >= 0.3 is 0 Å². The van der Waals surface area contributed by atoms with Gasteiger partial charge in [-0.05, 0) is 30.4 Å². The minimum atomic E-state index is -0.110. The number of benzene rings is 2. The van der Waals surface area contributed by atoms with Gasteiger partial charge in [0.1, 0.15) is 5.75 Å². The van der Waals surface area contributed by atoms with Gasteiger partial charge in [-0.25, -0.2) is 0 Å². The molecule has 16 heavy (non-hydrogen) atoms. The fourth-order valence-electron chi connectivity index (χ4n) is 2.00. The van der Waals surface area contributed by atoms with Crippen molar-refractivity contribution in [3.8, 4) is 5.75 Å². The van der Waals surface area contributed by atoms with Gasteiger partial charge in [0, 0.05) is 5.39 Å². The number of rotatable bonds is 2. The van der Waals surface area contributed by atoms with Gasteiger partial charge in [-0.15, -0.1) is 0 Å². The van der Waals surface area contributed by atoms with Crippen molar-refractivity contribution in [2.24, 2.45) is 0 Å². The van der Waals surface area contributed by atoms with Crippen molar-refractivity contribution in [3.05, 3.63) is 41.5 Å². The highest BCUT2D eigenvalue weighted by Gasteiger charge is 2.11. The van der Waals surface area contributed by atoms with Crippen LogP contribution in [0, 0.1) is 0 Å². The van der Waals surface area contributed by atoms with E-state index in [9.17, 15) is 9.90 Å². The molecule has 0 aliphatic carbocycles. The van der Waals surface area contributed by atoms with Crippen molar-refractivity contribution in [1.29, 1.82) is 0 Å². The number of ketones is 1. The van der Waals surface area contributed by atoms with Crippen LogP contribution >= 0.6 is 0 Å². The Balaban J connectivity index is 2.81. The van der Waals surface area contributed by atoms with E-state index in [4.69, 9.17) is 0 Å². The van der Waals surface area contributed by atoms with Crippen molar-refractivity contribution >= 4 is 16.6 Å². The van der Waals surface area contributed by atoms with Gasteiger partial charge < -0.3 is 5.11 Å². The van der Waals surface area contributed by atoms with Crippen molar-refractivity contribution in [1.82, 2.24) is 0 Å². The standard InChI is InChI=1S/C14H14O2/c1-3-10-5-4-6-13-12(10)8-7-11(9(2)15)14(13)16/h4-8,16H,3H2,1-2H3. The van der Waals surface area contributed by atoms with Crippen molar-refractivity contribution in [2.45, 2.75) is 20.3 Å². The average molecular weight is 214 g/mol. The fraction of sp³-hybridized carbons (Fsp3) is 0.214. The molecule has 0 saturated heterocycles. The summed E-state index contributed by atoms with van der Waals surface area (Å²) >= 11 is 0. The third kappa shape index (κ3) is 1.56. The topological polar surface area (TPSA) is 37.3 Å². The summed E-state index contributed by atoms with van der Waals surface area (Å²) in [4.78, 5) is 11.3. The van der Waals surface area contributed by atoms with Gasteiger partial charge in [0.25, 0.3) is 0 Å². The molecule has 82 valence electrons. The summed E-state index contributed by atoms with van der Waals surface area (Å²) in [5.74, 6) is -0.0124. The number of phenolic OH excluding ortho intramolecular Hbond substituents is 1. The first-order valence-corrected chi connectivity index (χ1v) is 5.39. The van der Waals surface area contributed by atoms with Crippen LogP contribution in [0.15, 0.2) is 30.3 Å². The van der Waals surface area contributed by atoms with Crippen LogP contribution in [0.3, 0.4) is 0 Å². The molecular formula is C14H14O2. The summed E-state index contributed by atoms with van der Waals surface area (Å²) in [7, 11) is 0. The SMILES string of the molecule is CCc1cccc2c(O)c(C(C)=O)ccc12. The molecule has 2 rings (SSSR count). The number of carbonyl (C=O) groups is 1. The molecule has 0 radical (unpaired) electrons. The molecule has 0 aliphatic heterocycles. The van der Waals surface area contributed by atoms with Gasteiger partial charge in [0.05, 0.1) is 5.56 Å². The van der Waals surface area contributed by atoms with E-state index in [2.05, 4.69) is 6.92 Å². The molecule has 2 heteroatoms. The Morgan fingerprint density at radius 1 is 1.19 bits per heavy atom. The van der Waals surface area contributed by atoms with Gasteiger partial charge in [-0.1, -0.05) is 31.2 Å². The largest absolute Gasteiger partial charge is 0.507 e. The van der Waals surface area contributed by atoms with Crippen LogP contribution in [0.1, 0.15) is 29.8 Å². The zero-order valence-electron chi connectivity index (χ0n) is 9.45. The molecule has 2 nitrogen and oxygen atoms in total. The van der Waals surface area contributed by atoms with Crippen LogP contribution in [0.5, 0.6) is 5.75 Å². The predicted molar refractivity (Wildman–Crippen MR) is 65.0 cm³/mol. The van der Waals surface area contributed by atoms with E-state index in [0.29, 0.717) is 5.56 Å². The Morgan fingerprint density at radius 2 is 1.94 bits per heavy atom. The van der Waals surface area contributed by atoms with E-state index in [1.54, 1.807) is 6.07 Å². The molecule has 0 atom stereocenters. The number of aromatic hydroxyl groups is 1. The quantitative estimate of drug-likeness (QED) is 0.779. The van der Waals surface area contributed by atoms with E-state index < -0.39 is 0 Å². The summed E-state index contributed by atoms with van der Waals surface area (Å²) < 4.78 is 0. The normalized spacial score (nSPS) is 10.6. The number of aryl methyl sites for hydroxylation is 1. The Bertz CT molecular complexity index is 556. The van der Waals surface area contributed by atoms with E-state index in [-0.39, 0.29) is 11.5 Å². The highest BCUT2D eigenvalue weighted by atomic mass is 16.3. The van der Waals surface area contributed by atoms with E-state index in [0.717, 1.165) is 17.2 Å². The third-order valence-electron chi connectivity index (χ3n) is 2.88. The third-order valence-corrected chi connectivity index (χ3v) is 2.88. The molecule has 0 fully saturated rings. The molecule has 0 bridgehead atoms. The van der Waals surface area contributed by atoms with Crippen molar-refractivity contribution < 1.29 is 9.90 Å². The smallest absolute Gasteiger partial charge is 0.163 e. The first-order valence-electron chi connectivity index (χ1n) is 5.39. The molecule has 0 amide bonds. The second kappa shape index (κ2) is 3.97. The fourth-order valence-corrected chi connectivity index (χ4v) is 2.00. The van der Waals surface area contributed by atoms with Crippen LogP contribution in [0.2, 0.25) is 0 Å². The van der Waals surface area contributed by atoms with Crippen molar-refractivity contribution in [2.75, 3.05) is 0 Å². The number of hydrogen-bond acceptors (Lipinski definition) is 2. The second-order valence-corrected chi connectivity index (χ2v) is 3.88. The minimum Gasteiger partial charge on any atom is -0.507 e. The molecular weight excluding hydrogens is 200 g/mol. The Morgan fingerprint density at radius 3 is 2.56 bits per heavy atom. The summed E-state index contributed by atoms with van der Waals surface area (Å²) in [6, 6.07) is 9.39. The van der Waals surface area contributed by atoms with Gasteiger partial charge in [0.15, 0.2) is 5.78 Å². The Labute approximate surface area is 94.5 Å². The van der Waals surface area contributed by atoms with E-state index >= 15 is 0 Å². The summed E-state index contributed by atoms with van der Waals surface area (Å²) in [5, 5.41) is 11.8. The second-order valence-electron chi connectivity index (χ2n) is 3.88. The van der Waals surface area contributed by atoms with E-state index in [1.165, 1.54) is 12.5 Å². The maximum Gasteiger partial charge on any atom is 0.163 e. The summed E-state index contributed by atoms with van der Waals surface area (Å²) in [6.07, 6.45) is 0.913. The molecule has 1 N–H and O–H groups in total. The summed E-state index contributed by atoms with van der Waals surface area (Å²) in [6.45, 7) is 3.54. The zero-order valence-corrected chi connectivity index (χ0v) is 9.45. The van der Waals surface area contributed by atoms with Crippen LogP contribution in [-0.4, -0.2) is 10.9 Å². The Kier molecular flexibility index (Phi) is 2.65. The van der Waals surface area contributed by atoms with Crippen LogP contribution in [-0.2, 0) is 6.42 Å². The zero-order chi connectivity index (χ0) is 11.7. The number of carbonyl (C=O) groups excluding carboxylic acids is 1. The van der Waals surface area contributed by atoms with Crippen LogP contribution in [0.4, 0.5) is 0 Å². The molecule has 2 aromatic rings. The number of Topliss-reactive ketones (excluding diaryl/α,β-unsaturated/α-hetero) is 1. The Hall–Kier alpha value is -1.83. The molecule has 0 aliphatic rings. The highest BCUT2D eigenvalue weighted by molar-refractivity contribution is 6.04. The molecule has 0 aromatic heterocycles. The lowest BCUT2D eigenvalue weighted by Gasteiger charge is -2.08. The number of phenols is 1. The predicted octanol–water partition coefficient (Wildman–Crippen LogP) is 3.31. The molecule has 0 spiro atoms. The minimum absolute atomic E-state index is 0.0975. The number of fused-ring (bicyclic) bond motifs is 1. The summed E-state index contributed by atoms with van der Waals surface area (Å²) in [5.41, 5.74) is 1.57.